The standard InChI is InChI=1S/C9H10ClNO2/c1-6-2-3-7(4-8(6)10)13-5-9(11)12/h2-4H,5H2,1H3,(H2,11,12). The van der Waals surface area contributed by atoms with Gasteiger partial charge in [0.25, 0.3) is 5.91 Å². The van der Waals surface area contributed by atoms with Gasteiger partial charge in [0.1, 0.15) is 5.75 Å². The van der Waals surface area contributed by atoms with Gasteiger partial charge in [0.2, 0.25) is 0 Å². The largest absolute Gasteiger partial charge is 0.484 e. The molecule has 13 heavy (non-hydrogen) atoms. The van der Waals surface area contributed by atoms with Gasteiger partial charge in [-0.25, -0.2) is 0 Å². The molecule has 0 aromatic heterocycles. The summed E-state index contributed by atoms with van der Waals surface area (Å²) in [5, 5.41) is 0.613. The molecule has 0 saturated heterocycles. The minimum atomic E-state index is -0.503. The number of ether oxygens (including phenoxy) is 1. The van der Waals surface area contributed by atoms with Gasteiger partial charge in [-0.2, -0.15) is 0 Å². The number of primary amides is 1. The number of hydrogen-bond acceptors (Lipinski definition) is 2. The molecule has 0 aliphatic rings. The van der Waals surface area contributed by atoms with Crippen LogP contribution in [0.5, 0.6) is 5.75 Å². The Morgan fingerprint density at radius 3 is 2.85 bits per heavy atom. The fourth-order valence-electron chi connectivity index (χ4n) is 0.818. The van der Waals surface area contributed by atoms with E-state index < -0.39 is 5.91 Å². The number of carbonyl (C=O) groups excluding carboxylic acids is 1. The summed E-state index contributed by atoms with van der Waals surface area (Å²) in [6, 6.07) is 5.21. The molecule has 1 aromatic carbocycles. The van der Waals surface area contributed by atoms with E-state index in [2.05, 4.69) is 0 Å². The molecule has 0 fully saturated rings. The van der Waals surface area contributed by atoms with Crippen LogP contribution in [0.1, 0.15) is 5.56 Å². The van der Waals surface area contributed by atoms with E-state index in [1.807, 2.05) is 13.0 Å². The lowest BCUT2D eigenvalue weighted by atomic mass is 10.2. The SMILES string of the molecule is Cc1ccc(OCC(N)=O)cc1Cl. The average Bonchev–Trinajstić information content (AvgIpc) is 2.07. The molecule has 0 heterocycles. The highest BCUT2D eigenvalue weighted by Crippen LogP contribution is 2.21. The molecular formula is C9H10ClNO2. The quantitative estimate of drug-likeness (QED) is 0.803. The molecule has 0 spiro atoms. The third kappa shape index (κ3) is 2.95. The number of hydrogen-bond donors (Lipinski definition) is 1. The van der Waals surface area contributed by atoms with Crippen LogP contribution in [0, 0.1) is 6.92 Å². The highest BCUT2D eigenvalue weighted by molar-refractivity contribution is 6.31. The van der Waals surface area contributed by atoms with E-state index in [9.17, 15) is 4.79 Å². The van der Waals surface area contributed by atoms with Crippen molar-refractivity contribution in [3.63, 3.8) is 0 Å². The summed E-state index contributed by atoms with van der Waals surface area (Å²) in [5.74, 6) is 0.0473. The van der Waals surface area contributed by atoms with E-state index in [4.69, 9.17) is 22.1 Å². The molecule has 0 atom stereocenters. The summed E-state index contributed by atoms with van der Waals surface area (Å²) in [4.78, 5) is 10.4. The van der Waals surface area contributed by atoms with E-state index >= 15 is 0 Å². The molecule has 3 nitrogen and oxygen atoms in total. The summed E-state index contributed by atoms with van der Waals surface area (Å²) in [7, 11) is 0. The molecule has 0 saturated carbocycles. The molecule has 2 N–H and O–H groups in total. The lowest BCUT2D eigenvalue weighted by molar-refractivity contribution is -0.119. The first-order chi connectivity index (χ1) is 6.09. The highest BCUT2D eigenvalue weighted by atomic mass is 35.5. The summed E-state index contributed by atoms with van der Waals surface area (Å²) >= 11 is 5.83. The molecule has 0 aliphatic heterocycles. The van der Waals surface area contributed by atoms with Gasteiger partial charge < -0.3 is 10.5 Å². The number of benzene rings is 1. The third-order valence-corrected chi connectivity index (χ3v) is 1.93. The fourth-order valence-corrected chi connectivity index (χ4v) is 0.988. The van der Waals surface area contributed by atoms with Gasteiger partial charge in [-0.15, -0.1) is 0 Å². The molecule has 0 bridgehead atoms. The smallest absolute Gasteiger partial charge is 0.255 e. The predicted molar refractivity (Wildman–Crippen MR) is 50.9 cm³/mol. The van der Waals surface area contributed by atoms with Crippen molar-refractivity contribution >= 4 is 17.5 Å². The van der Waals surface area contributed by atoms with Crippen LogP contribution in [-0.2, 0) is 4.79 Å². The molecule has 1 amide bonds. The number of aryl methyl sites for hydroxylation is 1. The van der Waals surface area contributed by atoms with Crippen molar-refractivity contribution in [1.29, 1.82) is 0 Å². The van der Waals surface area contributed by atoms with Crippen molar-refractivity contribution in [3.05, 3.63) is 28.8 Å². The van der Waals surface area contributed by atoms with Gasteiger partial charge in [0, 0.05) is 5.02 Å². The van der Waals surface area contributed by atoms with Crippen LogP contribution in [-0.4, -0.2) is 12.5 Å². The van der Waals surface area contributed by atoms with Crippen LogP contribution in [0.15, 0.2) is 18.2 Å². The van der Waals surface area contributed by atoms with Gasteiger partial charge in [-0.3, -0.25) is 4.79 Å². The number of halogens is 1. The Morgan fingerprint density at radius 1 is 1.62 bits per heavy atom. The monoisotopic (exact) mass is 199 g/mol. The van der Waals surface area contributed by atoms with Crippen LogP contribution in [0.25, 0.3) is 0 Å². The molecule has 70 valence electrons. The van der Waals surface area contributed by atoms with Gasteiger partial charge in [-0.05, 0) is 24.6 Å². The van der Waals surface area contributed by atoms with Crippen molar-refractivity contribution in [2.75, 3.05) is 6.61 Å². The number of rotatable bonds is 3. The van der Waals surface area contributed by atoms with Crippen molar-refractivity contribution in [3.8, 4) is 5.75 Å². The maximum absolute atomic E-state index is 10.4. The maximum Gasteiger partial charge on any atom is 0.255 e. The fraction of sp³-hybridized carbons (Fsp3) is 0.222. The Kier molecular flexibility index (Phi) is 3.14. The Balaban J connectivity index is 2.68. The minimum absolute atomic E-state index is 0.126. The van der Waals surface area contributed by atoms with Crippen molar-refractivity contribution in [2.45, 2.75) is 6.92 Å². The Bertz CT molecular complexity index is 325. The number of carbonyl (C=O) groups is 1. The van der Waals surface area contributed by atoms with Crippen LogP contribution in [0.3, 0.4) is 0 Å². The number of nitrogens with two attached hydrogens (primary N) is 1. The van der Waals surface area contributed by atoms with Crippen LogP contribution >= 0.6 is 11.6 Å². The second kappa shape index (κ2) is 4.14. The van der Waals surface area contributed by atoms with E-state index in [0.717, 1.165) is 5.56 Å². The lowest BCUT2D eigenvalue weighted by Gasteiger charge is -2.04. The van der Waals surface area contributed by atoms with Crippen molar-refractivity contribution in [1.82, 2.24) is 0 Å². The molecule has 1 aromatic rings. The van der Waals surface area contributed by atoms with Crippen molar-refractivity contribution < 1.29 is 9.53 Å². The molecule has 0 radical (unpaired) electrons. The first-order valence-electron chi connectivity index (χ1n) is 3.77. The predicted octanol–water partition coefficient (Wildman–Crippen LogP) is 1.51. The molecular weight excluding hydrogens is 190 g/mol. The van der Waals surface area contributed by atoms with Gasteiger partial charge in [0.05, 0.1) is 0 Å². The van der Waals surface area contributed by atoms with E-state index in [0.29, 0.717) is 10.8 Å². The maximum atomic E-state index is 10.4. The zero-order valence-electron chi connectivity index (χ0n) is 7.21. The first kappa shape index (κ1) is 9.86. The Morgan fingerprint density at radius 2 is 2.31 bits per heavy atom. The van der Waals surface area contributed by atoms with Crippen LogP contribution in [0.4, 0.5) is 0 Å². The zero-order valence-corrected chi connectivity index (χ0v) is 7.97. The highest BCUT2D eigenvalue weighted by Gasteiger charge is 2.00. The second-order valence-electron chi connectivity index (χ2n) is 2.67. The zero-order chi connectivity index (χ0) is 9.84. The second-order valence-corrected chi connectivity index (χ2v) is 3.07. The van der Waals surface area contributed by atoms with E-state index in [-0.39, 0.29) is 6.61 Å². The van der Waals surface area contributed by atoms with E-state index in [1.54, 1.807) is 12.1 Å². The Hall–Kier alpha value is -1.22. The van der Waals surface area contributed by atoms with Crippen LogP contribution in [0.2, 0.25) is 5.02 Å². The summed E-state index contributed by atoms with van der Waals surface area (Å²) in [5.41, 5.74) is 5.88. The average molecular weight is 200 g/mol. The van der Waals surface area contributed by atoms with Gasteiger partial charge in [-0.1, -0.05) is 17.7 Å². The normalized spacial score (nSPS) is 9.69. The molecule has 0 aliphatic carbocycles. The molecule has 0 unspecified atom stereocenters. The number of amides is 1. The van der Waals surface area contributed by atoms with E-state index in [1.165, 1.54) is 0 Å². The lowest BCUT2D eigenvalue weighted by Crippen LogP contribution is -2.19. The summed E-state index contributed by atoms with van der Waals surface area (Å²) in [6.45, 7) is 1.76. The summed E-state index contributed by atoms with van der Waals surface area (Å²) < 4.78 is 5.04. The molecule has 1 rings (SSSR count). The summed E-state index contributed by atoms with van der Waals surface area (Å²) in [6.07, 6.45) is 0. The van der Waals surface area contributed by atoms with Crippen LogP contribution < -0.4 is 10.5 Å². The topological polar surface area (TPSA) is 52.3 Å². The van der Waals surface area contributed by atoms with Gasteiger partial charge >= 0.3 is 0 Å². The Labute approximate surface area is 81.4 Å². The molecule has 4 heteroatoms. The first-order valence-corrected chi connectivity index (χ1v) is 4.14. The van der Waals surface area contributed by atoms with Gasteiger partial charge in [0.15, 0.2) is 6.61 Å². The van der Waals surface area contributed by atoms with Crippen molar-refractivity contribution in [2.24, 2.45) is 5.73 Å². The minimum Gasteiger partial charge on any atom is -0.484 e. The third-order valence-electron chi connectivity index (χ3n) is 1.52.